The van der Waals surface area contributed by atoms with Crippen molar-refractivity contribution in [3.8, 4) is 0 Å². The van der Waals surface area contributed by atoms with Crippen LogP contribution in [0.2, 0.25) is 0 Å². The van der Waals surface area contributed by atoms with E-state index in [1.165, 1.54) is 4.31 Å². The average molecular weight is 392 g/mol. The molecule has 0 spiro atoms. The Morgan fingerprint density at radius 2 is 1.89 bits per heavy atom. The van der Waals surface area contributed by atoms with Gasteiger partial charge in [-0.1, -0.05) is 12.1 Å². The Morgan fingerprint density at radius 1 is 1.22 bits per heavy atom. The third kappa shape index (κ3) is 4.74. The molecular weight excluding hydrogens is 368 g/mol. The number of morpholine rings is 1. The molecule has 8 nitrogen and oxygen atoms in total. The molecule has 1 fully saturated rings. The van der Waals surface area contributed by atoms with Gasteiger partial charge in [0.1, 0.15) is 5.82 Å². The number of hydrogen-bond acceptors (Lipinski definition) is 5. The molecule has 1 amide bonds. The number of amides is 1. The second-order valence-electron chi connectivity index (χ2n) is 6.50. The van der Waals surface area contributed by atoms with Crippen LogP contribution in [0.15, 0.2) is 35.2 Å². The molecule has 1 aliphatic rings. The molecule has 1 N–H and O–H groups in total. The van der Waals surface area contributed by atoms with E-state index in [0.717, 1.165) is 11.3 Å². The summed E-state index contributed by atoms with van der Waals surface area (Å²) in [6.45, 7) is 3.45. The fraction of sp³-hybridized carbons (Fsp3) is 0.444. The predicted molar refractivity (Wildman–Crippen MR) is 101 cm³/mol. The molecule has 3 rings (SSSR count). The maximum absolute atomic E-state index is 12.6. The van der Waals surface area contributed by atoms with Crippen molar-refractivity contribution in [1.29, 1.82) is 0 Å². The van der Waals surface area contributed by atoms with Crippen molar-refractivity contribution in [2.75, 3.05) is 31.6 Å². The quantitative estimate of drug-likeness (QED) is 0.800. The van der Waals surface area contributed by atoms with E-state index in [4.69, 9.17) is 4.74 Å². The van der Waals surface area contributed by atoms with Gasteiger partial charge in [0.15, 0.2) is 0 Å². The largest absolute Gasteiger partial charge is 0.379 e. The smallest absolute Gasteiger partial charge is 0.243 e. The number of hydrogen-bond donors (Lipinski definition) is 1. The van der Waals surface area contributed by atoms with Crippen LogP contribution in [-0.4, -0.2) is 54.7 Å². The van der Waals surface area contributed by atoms with Gasteiger partial charge in [0.25, 0.3) is 0 Å². The van der Waals surface area contributed by atoms with Gasteiger partial charge in [-0.15, -0.1) is 0 Å². The molecule has 9 heteroatoms. The first-order valence-corrected chi connectivity index (χ1v) is 10.3. The standard InChI is InChI=1S/C18H24N4O4S/c1-14-13-17(21(2)20-14)19-18(23)8-5-15-3-6-16(7-4-15)27(24,25)22-9-11-26-12-10-22/h3-4,6-7,13H,5,8-12H2,1-2H3,(H,19,23). The molecule has 2 aromatic rings. The Kier molecular flexibility index (Phi) is 5.93. The molecule has 146 valence electrons. The van der Waals surface area contributed by atoms with E-state index < -0.39 is 10.0 Å². The molecule has 27 heavy (non-hydrogen) atoms. The van der Waals surface area contributed by atoms with E-state index in [1.54, 1.807) is 36.0 Å². The first-order chi connectivity index (χ1) is 12.9. The summed E-state index contributed by atoms with van der Waals surface area (Å²) >= 11 is 0. The summed E-state index contributed by atoms with van der Waals surface area (Å²) in [7, 11) is -1.71. The lowest BCUT2D eigenvalue weighted by Crippen LogP contribution is -2.40. The summed E-state index contributed by atoms with van der Waals surface area (Å²) in [6.07, 6.45) is 0.834. The second kappa shape index (κ2) is 8.20. The summed E-state index contributed by atoms with van der Waals surface area (Å²) in [6, 6.07) is 8.53. The van der Waals surface area contributed by atoms with Crippen molar-refractivity contribution in [3.05, 3.63) is 41.6 Å². The molecule has 0 unspecified atom stereocenters. The Bertz CT molecular complexity index is 900. The van der Waals surface area contributed by atoms with Gasteiger partial charge < -0.3 is 10.1 Å². The van der Waals surface area contributed by atoms with Crippen LogP contribution in [0, 0.1) is 6.92 Å². The van der Waals surface area contributed by atoms with Crippen molar-refractivity contribution in [2.24, 2.45) is 7.05 Å². The number of aromatic nitrogens is 2. The van der Waals surface area contributed by atoms with E-state index >= 15 is 0 Å². The molecule has 1 saturated heterocycles. The number of sulfonamides is 1. The van der Waals surface area contributed by atoms with Crippen LogP contribution < -0.4 is 5.32 Å². The summed E-state index contributed by atoms with van der Waals surface area (Å²) in [4.78, 5) is 12.4. The number of ether oxygens (including phenoxy) is 1. The number of nitrogens with one attached hydrogen (secondary N) is 1. The molecule has 1 aliphatic heterocycles. The number of carbonyl (C=O) groups excluding carboxylic acids is 1. The van der Waals surface area contributed by atoms with Gasteiger partial charge in [-0.25, -0.2) is 8.42 Å². The highest BCUT2D eigenvalue weighted by Crippen LogP contribution is 2.18. The van der Waals surface area contributed by atoms with Crippen molar-refractivity contribution < 1.29 is 17.9 Å². The van der Waals surface area contributed by atoms with Crippen LogP contribution in [0.4, 0.5) is 5.82 Å². The van der Waals surface area contributed by atoms with E-state index in [-0.39, 0.29) is 10.8 Å². The lowest BCUT2D eigenvalue weighted by Gasteiger charge is -2.26. The van der Waals surface area contributed by atoms with E-state index in [9.17, 15) is 13.2 Å². The Hall–Kier alpha value is -2.23. The van der Waals surface area contributed by atoms with E-state index in [1.807, 2.05) is 13.0 Å². The van der Waals surface area contributed by atoms with E-state index in [2.05, 4.69) is 10.4 Å². The van der Waals surface area contributed by atoms with Gasteiger partial charge in [0, 0.05) is 32.6 Å². The molecule has 1 aromatic heterocycles. The fourth-order valence-electron chi connectivity index (χ4n) is 2.95. The zero-order chi connectivity index (χ0) is 19.4. The highest BCUT2D eigenvalue weighted by molar-refractivity contribution is 7.89. The number of rotatable bonds is 6. The summed E-state index contributed by atoms with van der Waals surface area (Å²) in [5, 5.41) is 7.01. The molecule has 0 aliphatic carbocycles. The van der Waals surface area contributed by atoms with Crippen molar-refractivity contribution in [1.82, 2.24) is 14.1 Å². The van der Waals surface area contributed by atoms with Gasteiger partial charge in [-0.2, -0.15) is 9.40 Å². The molecule has 1 aromatic carbocycles. The molecule has 0 saturated carbocycles. The van der Waals surface area contributed by atoms with Crippen molar-refractivity contribution >= 4 is 21.7 Å². The van der Waals surface area contributed by atoms with Gasteiger partial charge in [0.2, 0.25) is 15.9 Å². The van der Waals surface area contributed by atoms with Crippen molar-refractivity contribution in [2.45, 2.75) is 24.7 Å². The maximum atomic E-state index is 12.6. The van der Waals surface area contributed by atoms with Crippen LogP contribution in [0.25, 0.3) is 0 Å². The topological polar surface area (TPSA) is 93.5 Å². The zero-order valence-electron chi connectivity index (χ0n) is 15.5. The summed E-state index contributed by atoms with van der Waals surface area (Å²) in [5.74, 6) is 0.549. The minimum Gasteiger partial charge on any atom is -0.379 e. The monoisotopic (exact) mass is 392 g/mol. The highest BCUT2D eigenvalue weighted by Gasteiger charge is 2.26. The van der Waals surface area contributed by atoms with Gasteiger partial charge in [-0.05, 0) is 31.0 Å². The normalized spacial score (nSPS) is 15.6. The maximum Gasteiger partial charge on any atom is 0.243 e. The van der Waals surface area contributed by atoms with Crippen molar-refractivity contribution in [3.63, 3.8) is 0 Å². The van der Waals surface area contributed by atoms with E-state index in [0.29, 0.717) is 45.0 Å². The number of aryl methyl sites for hydroxylation is 3. The Balaban J connectivity index is 1.57. The number of benzene rings is 1. The van der Waals surface area contributed by atoms with Crippen LogP contribution in [0.1, 0.15) is 17.7 Å². The Labute approximate surface area is 159 Å². The van der Waals surface area contributed by atoms with Gasteiger partial charge in [-0.3, -0.25) is 9.48 Å². The molecule has 0 radical (unpaired) electrons. The highest BCUT2D eigenvalue weighted by atomic mass is 32.2. The van der Waals surface area contributed by atoms with Crippen LogP contribution in [0.3, 0.4) is 0 Å². The minimum absolute atomic E-state index is 0.108. The lowest BCUT2D eigenvalue weighted by atomic mass is 10.1. The molecule has 0 bridgehead atoms. The first-order valence-electron chi connectivity index (χ1n) is 8.83. The average Bonchev–Trinajstić information content (AvgIpc) is 2.98. The third-order valence-electron chi connectivity index (χ3n) is 4.44. The number of anilines is 1. The minimum atomic E-state index is -3.49. The van der Waals surface area contributed by atoms with Gasteiger partial charge in [0.05, 0.1) is 23.8 Å². The Morgan fingerprint density at radius 3 is 2.48 bits per heavy atom. The summed E-state index contributed by atoms with van der Waals surface area (Å²) in [5.41, 5.74) is 1.75. The van der Waals surface area contributed by atoms with Gasteiger partial charge >= 0.3 is 0 Å². The molecule has 2 heterocycles. The zero-order valence-corrected chi connectivity index (χ0v) is 16.3. The SMILES string of the molecule is Cc1cc(NC(=O)CCc2ccc(S(=O)(=O)N3CCOCC3)cc2)n(C)n1. The number of carbonyl (C=O) groups is 1. The summed E-state index contributed by atoms with van der Waals surface area (Å²) < 4.78 is 33.5. The number of nitrogens with zero attached hydrogens (tertiary/aromatic N) is 3. The van der Waals surface area contributed by atoms with Crippen LogP contribution in [-0.2, 0) is 33.0 Å². The van der Waals surface area contributed by atoms with Crippen LogP contribution in [0.5, 0.6) is 0 Å². The molecule has 0 atom stereocenters. The fourth-order valence-corrected chi connectivity index (χ4v) is 4.36. The predicted octanol–water partition coefficient (Wildman–Crippen LogP) is 1.32. The molecular formula is C18H24N4O4S. The first kappa shape index (κ1) is 19.5. The second-order valence-corrected chi connectivity index (χ2v) is 8.44. The lowest BCUT2D eigenvalue weighted by molar-refractivity contribution is -0.116. The van der Waals surface area contributed by atoms with Crippen LogP contribution >= 0.6 is 0 Å². The third-order valence-corrected chi connectivity index (χ3v) is 6.35.